The van der Waals surface area contributed by atoms with Gasteiger partial charge >= 0.3 is 0 Å². The van der Waals surface area contributed by atoms with E-state index < -0.39 is 0 Å². The van der Waals surface area contributed by atoms with Crippen molar-refractivity contribution in [3.63, 3.8) is 0 Å². The normalized spacial score (nSPS) is 11.1. The zero-order valence-corrected chi connectivity index (χ0v) is 23.1. The van der Waals surface area contributed by atoms with Gasteiger partial charge in [0.1, 0.15) is 34.5 Å². The van der Waals surface area contributed by atoms with Gasteiger partial charge in [-0.05, 0) is 101 Å². The monoisotopic (exact) mass is 526 g/mol. The standard InChI is InChI=1S/C32H38N4O3/c1-21(2)35-31(33)24-11-15-28(16-12-24)38-18-6-5-17-37-27-13-9-23(10-14-27)29-19-25-7-8-26(20-30(25)39-29)32(34)36-22(3)4/h7-16,19-22H,5-6,17-18H2,1-4H3,(H2,33,35)(H2,34,36). The minimum Gasteiger partial charge on any atom is -0.494 e. The number of benzene rings is 3. The second-order valence-corrected chi connectivity index (χ2v) is 10.2. The van der Waals surface area contributed by atoms with Crippen LogP contribution in [0.25, 0.3) is 22.3 Å². The lowest BCUT2D eigenvalue weighted by Crippen LogP contribution is -2.30. The number of nitrogens with one attached hydrogen (secondary N) is 4. The molecule has 39 heavy (non-hydrogen) atoms. The summed E-state index contributed by atoms with van der Waals surface area (Å²) >= 11 is 0. The Morgan fingerprint density at radius 1 is 0.692 bits per heavy atom. The van der Waals surface area contributed by atoms with Gasteiger partial charge in [-0.25, -0.2) is 0 Å². The van der Waals surface area contributed by atoms with Crippen LogP contribution in [0.2, 0.25) is 0 Å². The predicted molar refractivity (Wildman–Crippen MR) is 159 cm³/mol. The quantitative estimate of drug-likeness (QED) is 0.0905. The molecule has 0 atom stereocenters. The third kappa shape index (κ3) is 7.87. The fourth-order valence-electron chi connectivity index (χ4n) is 4.09. The van der Waals surface area contributed by atoms with Crippen LogP contribution in [-0.4, -0.2) is 37.0 Å². The van der Waals surface area contributed by atoms with E-state index in [2.05, 4.69) is 10.6 Å². The average Bonchev–Trinajstić information content (AvgIpc) is 3.34. The smallest absolute Gasteiger partial charge is 0.135 e. The Hall–Kier alpha value is -4.26. The van der Waals surface area contributed by atoms with E-state index in [1.165, 1.54) is 0 Å². The maximum atomic E-state index is 8.22. The first-order chi connectivity index (χ1) is 18.8. The van der Waals surface area contributed by atoms with Gasteiger partial charge in [0.15, 0.2) is 0 Å². The van der Waals surface area contributed by atoms with E-state index in [-0.39, 0.29) is 12.1 Å². The van der Waals surface area contributed by atoms with Crippen LogP contribution in [0.5, 0.6) is 11.5 Å². The fourth-order valence-corrected chi connectivity index (χ4v) is 4.09. The summed E-state index contributed by atoms with van der Waals surface area (Å²) in [5, 5.41) is 23.5. The molecular weight excluding hydrogens is 488 g/mol. The van der Waals surface area contributed by atoms with E-state index in [0.717, 1.165) is 57.8 Å². The Balaban J connectivity index is 1.21. The lowest BCUT2D eigenvalue weighted by atomic mass is 10.1. The van der Waals surface area contributed by atoms with E-state index in [0.29, 0.717) is 24.9 Å². The van der Waals surface area contributed by atoms with Gasteiger partial charge < -0.3 is 24.5 Å². The molecule has 7 nitrogen and oxygen atoms in total. The van der Waals surface area contributed by atoms with E-state index in [9.17, 15) is 0 Å². The van der Waals surface area contributed by atoms with E-state index in [4.69, 9.17) is 24.7 Å². The van der Waals surface area contributed by atoms with Gasteiger partial charge in [0, 0.05) is 34.2 Å². The number of unbranched alkanes of at least 4 members (excludes halogenated alkanes) is 1. The Bertz CT molecular complexity index is 1390. The molecule has 0 saturated heterocycles. The SMILES string of the molecule is CC(C)NC(=N)c1ccc(OCCCCOc2ccc(-c3cc4ccc(C(=N)NC(C)C)cc4o3)cc2)cc1. The van der Waals surface area contributed by atoms with Crippen molar-refractivity contribution in [3.8, 4) is 22.8 Å². The van der Waals surface area contributed by atoms with Crippen LogP contribution >= 0.6 is 0 Å². The molecule has 0 amide bonds. The van der Waals surface area contributed by atoms with Crippen LogP contribution < -0.4 is 20.1 Å². The lowest BCUT2D eigenvalue weighted by Gasteiger charge is -2.12. The van der Waals surface area contributed by atoms with Gasteiger partial charge in [-0.2, -0.15) is 0 Å². The second kappa shape index (κ2) is 13.0. The molecule has 0 unspecified atom stereocenters. The summed E-state index contributed by atoms with van der Waals surface area (Å²) in [6, 6.07) is 23.8. The number of rotatable bonds is 12. The molecule has 3 aromatic carbocycles. The highest BCUT2D eigenvalue weighted by Crippen LogP contribution is 2.29. The maximum absolute atomic E-state index is 8.22. The fraction of sp³-hybridized carbons (Fsp3) is 0.312. The molecule has 0 radical (unpaired) electrons. The van der Waals surface area contributed by atoms with Crippen molar-refractivity contribution < 1.29 is 13.9 Å². The van der Waals surface area contributed by atoms with Crippen molar-refractivity contribution >= 4 is 22.6 Å². The van der Waals surface area contributed by atoms with Crippen LogP contribution in [-0.2, 0) is 0 Å². The molecule has 0 saturated carbocycles. The van der Waals surface area contributed by atoms with E-state index in [1.807, 2.05) is 100 Å². The van der Waals surface area contributed by atoms with E-state index >= 15 is 0 Å². The second-order valence-electron chi connectivity index (χ2n) is 10.2. The highest BCUT2D eigenvalue weighted by Gasteiger charge is 2.10. The summed E-state index contributed by atoms with van der Waals surface area (Å²) in [5.41, 5.74) is 3.39. The minimum absolute atomic E-state index is 0.201. The van der Waals surface area contributed by atoms with Gasteiger partial charge in [0.2, 0.25) is 0 Å². The highest BCUT2D eigenvalue weighted by atomic mass is 16.5. The predicted octanol–water partition coefficient (Wildman–Crippen LogP) is 6.98. The molecule has 0 fully saturated rings. The van der Waals surface area contributed by atoms with Crippen molar-refractivity contribution in [2.45, 2.75) is 52.6 Å². The largest absolute Gasteiger partial charge is 0.494 e. The molecule has 7 heteroatoms. The Kier molecular flexibility index (Phi) is 9.26. The third-order valence-electron chi connectivity index (χ3n) is 6.03. The van der Waals surface area contributed by atoms with Crippen LogP contribution in [0, 0.1) is 10.8 Å². The molecule has 204 valence electrons. The van der Waals surface area contributed by atoms with E-state index in [1.54, 1.807) is 0 Å². The molecule has 0 aliphatic heterocycles. The lowest BCUT2D eigenvalue weighted by molar-refractivity contribution is 0.266. The molecule has 4 aromatic rings. The Morgan fingerprint density at radius 3 is 1.77 bits per heavy atom. The highest BCUT2D eigenvalue weighted by molar-refractivity contribution is 6.00. The molecule has 0 spiro atoms. The maximum Gasteiger partial charge on any atom is 0.135 e. The first-order valence-electron chi connectivity index (χ1n) is 13.5. The van der Waals surface area contributed by atoms with Crippen molar-refractivity contribution in [2.75, 3.05) is 13.2 Å². The zero-order chi connectivity index (χ0) is 27.8. The van der Waals surface area contributed by atoms with Gasteiger partial charge in [-0.15, -0.1) is 0 Å². The van der Waals surface area contributed by atoms with Crippen molar-refractivity contribution in [3.05, 3.63) is 83.9 Å². The van der Waals surface area contributed by atoms with Crippen LogP contribution in [0.15, 0.2) is 77.2 Å². The number of ether oxygens (including phenoxy) is 2. The van der Waals surface area contributed by atoms with Gasteiger partial charge in [0.05, 0.1) is 13.2 Å². The first-order valence-corrected chi connectivity index (χ1v) is 13.5. The zero-order valence-electron chi connectivity index (χ0n) is 23.1. The van der Waals surface area contributed by atoms with Crippen LogP contribution in [0.3, 0.4) is 0 Å². The summed E-state index contributed by atoms with van der Waals surface area (Å²) in [7, 11) is 0. The Morgan fingerprint density at radius 2 is 1.21 bits per heavy atom. The summed E-state index contributed by atoms with van der Waals surface area (Å²) in [6.45, 7) is 9.30. The molecule has 1 aromatic heterocycles. The molecular formula is C32H38N4O3. The van der Waals surface area contributed by atoms with Crippen molar-refractivity contribution in [1.29, 1.82) is 10.8 Å². The first kappa shape index (κ1) is 27.8. The van der Waals surface area contributed by atoms with Gasteiger partial charge in [-0.3, -0.25) is 10.8 Å². The summed E-state index contributed by atoms with van der Waals surface area (Å²) in [6.07, 6.45) is 1.77. The number of furan rings is 1. The topological polar surface area (TPSA) is 103 Å². The number of hydrogen-bond acceptors (Lipinski definition) is 5. The summed E-state index contributed by atoms with van der Waals surface area (Å²) in [5.74, 6) is 3.23. The number of amidine groups is 2. The third-order valence-corrected chi connectivity index (χ3v) is 6.03. The number of hydrogen-bond donors (Lipinski definition) is 4. The molecule has 0 aliphatic carbocycles. The van der Waals surface area contributed by atoms with Crippen LogP contribution in [0.1, 0.15) is 51.7 Å². The molecule has 4 rings (SSSR count). The van der Waals surface area contributed by atoms with Crippen molar-refractivity contribution in [1.82, 2.24) is 10.6 Å². The molecule has 0 bridgehead atoms. The minimum atomic E-state index is 0.201. The van der Waals surface area contributed by atoms with Gasteiger partial charge in [-0.1, -0.05) is 12.1 Å². The summed E-state index contributed by atoms with van der Waals surface area (Å²) < 4.78 is 17.8. The molecule has 1 heterocycles. The Labute approximate surface area is 230 Å². The molecule has 4 N–H and O–H groups in total. The van der Waals surface area contributed by atoms with Crippen molar-refractivity contribution in [2.24, 2.45) is 0 Å². The van der Waals surface area contributed by atoms with Crippen LogP contribution in [0.4, 0.5) is 0 Å². The summed E-state index contributed by atoms with van der Waals surface area (Å²) in [4.78, 5) is 0. The number of fused-ring (bicyclic) bond motifs is 1. The van der Waals surface area contributed by atoms with Gasteiger partial charge in [0.25, 0.3) is 0 Å². The average molecular weight is 527 g/mol. The molecule has 0 aliphatic rings.